The number of halogens is 1. The van der Waals surface area contributed by atoms with E-state index in [-0.39, 0.29) is 6.61 Å². The second-order valence-electron chi connectivity index (χ2n) is 3.75. The van der Waals surface area contributed by atoms with Crippen LogP contribution in [0.15, 0.2) is 34.9 Å². The van der Waals surface area contributed by atoms with Crippen molar-refractivity contribution in [1.29, 1.82) is 0 Å². The van der Waals surface area contributed by atoms with Crippen LogP contribution < -0.4 is 5.32 Å². The summed E-state index contributed by atoms with van der Waals surface area (Å²) in [6.07, 6.45) is 0.969. The highest BCUT2D eigenvalue weighted by molar-refractivity contribution is 9.10. The van der Waals surface area contributed by atoms with E-state index in [0.29, 0.717) is 6.54 Å². The highest BCUT2D eigenvalue weighted by Crippen LogP contribution is 2.23. The number of nitrogens with zero attached hydrogens (tertiary/aromatic N) is 1. The highest BCUT2D eigenvalue weighted by atomic mass is 79.9. The van der Waals surface area contributed by atoms with Crippen LogP contribution in [0, 0.1) is 0 Å². The molecule has 0 fully saturated rings. The summed E-state index contributed by atoms with van der Waals surface area (Å²) in [5.74, 6) is 0. The third-order valence-electron chi connectivity index (χ3n) is 2.42. The van der Waals surface area contributed by atoms with Crippen molar-refractivity contribution in [3.8, 4) is 0 Å². The molecule has 2 rings (SSSR count). The summed E-state index contributed by atoms with van der Waals surface area (Å²) in [5.41, 5.74) is 1.70. The number of benzene rings is 1. The lowest BCUT2D eigenvalue weighted by molar-refractivity contribution is 0.105. The first-order valence-corrected chi connectivity index (χ1v) is 6.07. The van der Waals surface area contributed by atoms with Crippen LogP contribution in [0.4, 0.5) is 5.69 Å². The van der Waals surface area contributed by atoms with Crippen molar-refractivity contribution < 1.29 is 10.2 Å². The maximum absolute atomic E-state index is 9.30. The molecule has 1 atom stereocenters. The minimum Gasteiger partial charge on any atom is -0.394 e. The zero-order chi connectivity index (χ0) is 12.3. The molecule has 1 unspecified atom stereocenters. The average molecular weight is 297 g/mol. The molecule has 2 aromatic rings. The van der Waals surface area contributed by atoms with E-state index in [9.17, 15) is 5.11 Å². The molecule has 90 valence electrons. The van der Waals surface area contributed by atoms with E-state index in [4.69, 9.17) is 5.11 Å². The average Bonchev–Trinajstić information content (AvgIpc) is 2.35. The minimum absolute atomic E-state index is 0.253. The molecule has 0 spiro atoms. The van der Waals surface area contributed by atoms with Crippen LogP contribution in [-0.4, -0.2) is 34.5 Å². The van der Waals surface area contributed by atoms with Crippen LogP contribution in [0.2, 0.25) is 0 Å². The molecule has 0 amide bonds. The third-order valence-corrected chi connectivity index (χ3v) is 2.85. The van der Waals surface area contributed by atoms with Gasteiger partial charge in [0.05, 0.1) is 23.9 Å². The van der Waals surface area contributed by atoms with Gasteiger partial charge < -0.3 is 15.5 Å². The van der Waals surface area contributed by atoms with E-state index in [2.05, 4.69) is 26.2 Å². The van der Waals surface area contributed by atoms with Gasteiger partial charge in [-0.3, -0.25) is 4.98 Å². The molecule has 3 N–H and O–H groups in total. The number of pyridine rings is 1. The van der Waals surface area contributed by atoms with E-state index in [1.807, 2.05) is 24.3 Å². The molecule has 17 heavy (non-hydrogen) atoms. The number of hydrogen-bond acceptors (Lipinski definition) is 4. The van der Waals surface area contributed by atoms with Gasteiger partial charge in [0, 0.05) is 22.6 Å². The normalized spacial score (nSPS) is 12.6. The summed E-state index contributed by atoms with van der Waals surface area (Å²) in [5, 5.41) is 22.1. The third kappa shape index (κ3) is 2.94. The number of aliphatic hydroxyl groups excluding tert-OH is 2. The number of fused-ring (bicyclic) bond motifs is 1. The van der Waals surface area contributed by atoms with Crippen molar-refractivity contribution in [1.82, 2.24) is 4.98 Å². The Hall–Kier alpha value is -1.17. The number of para-hydroxylation sites is 1. The Morgan fingerprint density at radius 1 is 1.41 bits per heavy atom. The van der Waals surface area contributed by atoms with Crippen molar-refractivity contribution in [3.05, 3.63) is 34.9 Å². The molecule has 0 aliphatic heterocycles. The van der Waals surface area contributed by atoms with Gasteiger partial charge in [-0.25, -0.2) is 0 Å². The predicted octanol–water partition coefficient (Wildman–Crippen LogP) is 1.76. The van der Waals surface area contributed by atoms with Gasteiger partial charge >= 0.3 is 0 Å². The van der Waals surface area contributed by atoms with Crippen molar-refractivity contribution in [3.63, 3.8) is 0 Å². The molecule has 5 heteroatoms. The van der Waals surface area contributed by atoms with Crippen LogP contribution in [0.3, 0.4) is 0 Å². The van der Waals surface area contributed by atoms with Crippen LogP contribution in [-0.2, 0) is 0 Å². The summed E-state index contributed by atoms with van der Waals surface area (Å²) in [6.45, 7) is 0.0457. The molecule has 0 aliphatic rings. The van der Waals surface area contributed by atoms with Gasteiger partial charge in [-0.15, -0.1) is 0 Å². The number of nitrogens with one attached hydrogen (secondary N) is 1. The van der Waals surface area contributed by atoms with E-state index in [1.165, 1.54) is 0 Å². The maximum Gasteiger partial charge on any atom is 0.0942 e. The van der Waals surface area contributed by atoms with Crippen LogP contribution in [0.25, 0.3) is 10.9 Å². The fourth-order valence-corrected chi connectivity index (χ4v) is 1.92. The molecule has 1 heterocycles. The van der Waals surface area contributed by atoms with E-state index < -0.39 is 6.10 Å². The molecule has 0 saturated carbocycles. The van der Waals surface area contributed by atoms with Gasteiger partial charge in [0.15, 0.2) is 0 Å². The lowest BCUT2D eigenvalue weighted by Crippen LogP contribution is -2.23. The summed E-state index contributed by atoms with van der Waals surface area (Å²) < 4.78 is 0.928. The first kappa shape index (κ1) is 12.3. The standard InChI is InChI=1S/C12H13BrN2O2/c13-9-4-8-2-1-3-11(12(8)15-5-9)14-6-10(17)7-16/h1-5,10,14,16-17H,6-7H2. The number of aromatic nitrogens is 1. The van der Waals surface area contributed by atoms with Gasteiger partial charge in [-0.2, -0.15) is 0 Å². The predicted molar refractivity (Wildman–Crippen MR) is 71.0 cm³/mol. The van der Waals surface area contributed by atoms with E-state index in [0.717, 1.165) is 21.1 Å². The lowest BCUT2D eigenvalue weighted by Gasteiger charge is -2.11. The Balaban J connectivity index is 2.28. The Kier molecular flexibility index (Phi) is 3.93. The second-order valence-corrected chi connectivity index (χ2v) is 4.66. The van der Waals surface area contributed by atoms with Gasteiger partial charge in [0.1, 0.15) is 0 Å². The monoisotopic (exact) mass is 296 g/mol. The summed E-state index contributed by atoms with van der Waals surface area (Å²) >= 11 is 3.37. The van der Waals surface area contributed by atoms with Crippen molar-refractivity contribution in [2.75, 3.05) is 18.5 Å². The van der Waals surface area contributed by atoms with Crippen LogP contribution >= 0.6 is 15.9 Å². The first-order chi connectivity index (χ1) is 8.20. The summed E-state index contributed by atoms with van der Waals surface area (Å²) in [6, 6.07) is 7.77. The van der Waals surface area contributed by atoms with Crippen molar-refractivity contribution in [2.45, 2.75) is 6.10 Å². The molecular weight excluding hydrogens is 284 g/mol. The van der Waals surface area contributed by atoms with Crippen molar-refractivity contribution in [2.24, 2.45) is 0 Å². The quantitative estimate of drug-likeness (QED) is 0.804. The molecule has 0 bridgehead atoms. The van der Waals surface area contributed by atoms with Gasteiger partial charge in [0.25, 0.3) is 0 Å². The number of hydrogen-bond donors (Lipinski definition) is 3. The van der Waals surface area contributed by atoms with Gasteiger partial charge in [-0.1, -0.05) is 12.1 Å². The Bertz CT molecular complexity index is 519. The lowest BCUT2D eigenvalue weighted by atomic mass is 10.2. The first-order valence-electron chi connectivity index (χ1n) is 5.28. The maximum atomic E-state index is 9.30. The van der Waals surface area contributed by atoms with E-state index in [1.54, 1.807) is 6.20 Å². The zero-order valence-corrected chi connectivity index (χ0v) is 10.7. The minimum atomic E-state index is -0.763. The largest absolute Gasteiger partial charge is 0.394 e. The molecular formula is C12H13BrN2O2. The Morgan fingerprint density at radius 3 is 3.00 bits per heavy atom. The number of anilines is 1. The number of rotatable bonds is 4. The molecule has 0 radical (unpaired) electrons. The Labute approximate surface area is 107 Å². The van der Waals surface area contributed by atoms with Gasteiger partial charge in [0.2, 0.25) is 0 Å². The Morgan fingerprint density at radius 2 is 2.24 bits per heavy atom. The topological polar surface area (TPSA) is 65.4 Å². The van der Waals surface area contributed by atoms with Gasteiger partial charge in [-0.05, 0) is 28.1 Å². The molecule has 1 aromatic carbocycles. The summed E-state index contributed by atoms with van der Waals surface area (Å²) in [7, 11) is 0. The van der Waals surface area contributed by atoms with Crippen molar-refractivity contribution >= 4 is 32.5 Å². The fraction of sp³-hybridized carbons (Fsp3) is 0.250. The molecule has 0 saturated heterocycles. The van der Waals surface area contributed by atoms with Crippen LogP contribution in [0.5, 0.6) is 0 Å². The second kappa shape index (κ2) is 5.44. The SMILES string of the molecule is OCC(O)CNc1cccc2cc(Br)cnc12. The number of aliphatic hydroxyl groups is 2. The zero-order valence-electron chi connectivity index (χ0n) is 9.10. The fourth-order valence-electron chi connectivity index (χ4n) is 1.57. The van der Waals surface area contributed by atoms with Crippen LogP contribution in [0.1, 0.15) is 0 Å². The molecule has 4 nitrogen and oxygen atoms in total. The highest BCUT2D eigenvalue weighted by Gasteiger charge is 2.05. The van der Waals surface area contributed by atoms with E-state index >= 15 is 0 Å². The summed E-state index contributed by atoms with van der Waals surface area (Å²) in [4.78, 5) is 4.33. The molecule has 1 aromatic heterocycles. The molecule has 0 aliphatic carbocycles. The smallest absolute Gasteiger partial charge is 0.0942 e.